The van der Waals surface area contributed by atoms with Crippen molar-refractivity contribution in [3.8, 4) is 0 Å². The summed E-state index contributed by atoms with van der Waals surface area (Å²) in [7, 11) is 0. The monoisotopic (exact) mass is 452 g/mol. The second kappa shape index (κ2) is 11.4. The van der Waals surface area contributed by atoms with Crippen LogP contribution in [0.1, 0.15) is 96.8 Å². The Labute approximate surface area is 200 Å². The molecule has 0 aromatic rings. The van der Waals surface area contributed by atoms with E-state index < -0.39 is 5.54 Å². The van der Waals surface area contributed by atoms with Crippen molar-refractivity contribution in [3.63, 3.8) is 0 Å². The first-order valence-corrected chi connectivity index (χ1v) is 13.6. The molecule has 0 spiro atoms. The van der Waals surface area contributed by atoms with Crippen molar-refractivity contribution in [3.05, 3.63) is 36.1 Å². The lowest BCUT2D eigenvalue weighted by Gasteiger charge is -2.36. The molecule has 1 heterocycles. The van der Waals surface area contributed by atoms with E-state index in [1.807, 2.05) is 0 Å². The lowest BCUT2D eigenvalue weighted by atomic mass is 9.74. The molecule has 2 fully saturated rings. The van der Waals surface area contributed by atoms with Crippen LogP contribution in [0.3, 0.4) is 0 Å². The van der Waals surface area contributed by atoms with E-state index in [0.717, 1.165) is 44.4 Å². The Kier molecular flexibility index (Phi) is 8.32. The third kappa shape index (κ3) is 6.10. The van der Waals surface area contributed by atoms with Crippen molar-refractivity contribution >= 4 is 11.9 Å². The van der Waals surface area contributed by atoms with Crippen LogP contribution in [-0.2, 0) is 4.79 Å². The van der Waals surface area contributed by atoms with Crippen LogP contribution >= 0.6 is 0 Å². The Hall–Kier alpha value is -2.04. The van der Waals surface area contributed by atoms with E-state index >= 15 is 0 Å². The van der Waals surface area contributed by atoms with Gasteiger partial charge in [0.15, 0.2) is 5.96 Å². The smallest absolute Gasteiger partial charge is 0.257 e. The number of hydrogen-bond acceptors (Lipinski definition) is 4. The van der Waals surface area contributed by atoms with Crippen LogP contribution in [0.5, 0.6) is 0 Å². The fourth-order valence-electron chi connectivity index (χ4n) is 6.45. The Morgan fingerprint density at radius 3 is 2.76 bits per heavy atom. The first-order valence-electron chi connectivity index (χ1n) is 13.6. The molecule has 0 aromatic heterocycles. The number of aliphatic imine (C=N–C) groups is 1. The minimum atomic E-state index is -0.630. The van der Waals surface area contributed by atoms with Crippen molar-refractivity contribution in [2.24, 2.45) is 22.6 Å². The summed E-state index contributed by atoms with van der Waals surface area (Å²) in [5.74, 6) is 1.90. The highest BCUT2D eigenvalue weighted by atomic mass is 16.2. The normalized spacial score (nSPS) is 30.8. The summed E-state index contributed by atoms with van der Waals surface area (Å²) in [5.41, 5.74) is 6.93. The largest absolute Gasteiger partial charge is 0.383 e. The van der Waals surface area contributed by atoms with Gasteiger partial charge in [-0.1, -0.05) is 76.2 Å². The first kappa shape index (κ1) is 24.1. The zero-order chi connectivity index (χ0) is 23.1. The van der Waals surface area contributed by atoms with Crippen LogP contribution in [0.4, 0.5) is 0 Å². The summed E-state index contributed by atoms with van der Waals surface area (Å²) >= 11 is 0. The summed E-state index contributed by atoms with van der Waals surface area (Å²) in [6.45, 7) is 2.79. The van der Waals surface area contributed by atoms with Crippen molar-refractivity contribution in [2.45, 2.75) is 108 Å². The van der Waals surface area contributed by atoms with Gasteiger partial charge < -0.3 is 11.1 Å². The van der Waals surface area contributed by atoms with Crippen LogP contribution in [-0.4, -0.2) is 34.9 Å². The molecular weight excluding hydrogens is 408 g/mol. The molecule has 5 heteroatoms. The van der Waals surface area contributed by atoms with E-state index in [4.69, 9.17) is 10.7 Å². The summed E-state index contributed by atoms with van der Waals surface area (Å²) < 4.78 is 0. The van der Waals surface area contributed by atoms with E-state index in [1.54, 1.807) is 4.90 Å². The minimum Gasteiger partial charge on any atom is -0.383 e. The van der Waals surface area contributed by atoms with Gasteiger partial charge in [-0.15, -0.1) is 0 Å². The second-order valence-corrected chi connectivity index (χ2v) is 10.8. The lowest BCUT2D eigenvalue weighted by molar-refractivity contribution is -0.132. The number of nitrogens with two attached hydrogens (primary N) is 1. The fraction of sp³-hybridized carbons (Fsp3) is 0.714. The zero-order valence-electron chi connectivity index (χ0n) is 20.6. The van der Waals surface area contributed by atoms with E-state index in [9.17, 15) is 4.79 Å². The highest BCUT2D eigenvalue weighted by Gasteiger charge is 2.48. The molecule has 2 saturated carbocycles. The number of nitrogens with one attached hydrogen (secondary N) is 1. The predicted molar refractivity (Wildman–Crippen MR) is 137 cm³/mol. The Bertz CT molecular complexity index is 792. The number of carbonyl (C=O) groups is 1. The molecule has 3 aliphatic carbocycles. The quantitative estimate of drug-likeness (QED) is 0.479. The highest BCUT2D eigenvalue weighted by molar-refractivity contribution is 6.06. The SMILES string of the molecule is CCCN1C(=O)[C@@](CCC2CCCCC2)(C[C@H]2CCC[C@@H](NC3=CCC=CC=C3)C2)N=C1N. The molecule has 0 unspecified atom stereocenters. The van der Waals surface area contributed by atoms with Crippen LogP contribution in [0.15, 0.2) is 41.1 Å². The van der Waals surface area contributed by atoms with Crippen LogP contribution in [0.25, 0.3) is 0 Å². The van der Waals surface area contributed by atoms with Crippen LogP contribution in [0, 0.1) is 11.8 Å². The number of allylic oxidation sites excluding steroid dienone is 5. The predicted octanol–water partition coefficient (Wildman–Crippen LogP) is 5.59. The number of guanidine groups is 1. The molecule has 33 heavy (non-hydrogen) atoms. The number of nitrogens with zero attached hydrogens (tertiary/aromatic N) is 2. The molecule has 3 atom stereocenters. The molecule has 0 bridgehead atoms. The van der Waals surface area contributed by atoms with Gasteiger partial charge in [-0.05, 0) is 62.9 Å². The number of hydrogen-bond donors (Lipinski definition) is 2. The Morgan fingerprint density at radius 2 is 1.94 bits per heavy atom. The topological polar surface area (TPSA) is 70.7 Å². The first-order chi connectivity index (χ1) is 16.1. The van der Waals surface area contributed by atoms with Gasteiger partial charge in [0.2, 0.25) is 0 Å². The summed E-state index contributed by atoms with van der Waals surface area (Å²) in [4.78, 5) is 20.4. The number of carbonyl (C=O) groups excluding carboxylic acids is 1. The van der Waals surface area contributed by atoms with Gasteiger partial charge in [-0.25, -0.2) is 4.99 Å². The summed E-state index contributed by atoms with van der Waals surface area (Å²) in [6, 6.07) is 0.470. The highest BCUT2D eigenvalue weighted by Crippen LogP contribution is 2.41. The molecule has 3 N–H and O–H groups in total. The van der Waals surface area contributed by atoms with Crippen molar-refractivity contribution in [1.82, 2.24) is 10.2 Å². The molecule has 4 rings (SSSR count). The van der Waals surface area contributed by atoms with Crippen LogP contribution in [0.2, 0.25) is 0 Å². The third-order valence-electron chi connectivity index (χ3n) is 8.16. The minimum absolute atomic E-state index is 0.174. The third-order valence-corrected chi connectivity index (χ3v) is 8.16. The van der Waals surface area contributed by atoms with Crippen molar-refractivity contribution in [2.75, 3.05) is 6.54 Å². The molecule has 0 radical (unpaired) electrons. The molecule has 1 amide bonds. The number of rotatable bonds is 9. The fourth-order valence-corrected chi connectivity index (χ4v) is 6.45. The van der Waals surface area contributed by atoms with Gasteiger partial charge in [0, 0.05) is 18.3 Å². The maximum atomic E-state index is 13.7. The average molecular weight is 453 g/mol. The molecule has 5 nitrogen and oxygen atoms in total. The van der Waals surface area contributed by atoms with Gasteiger partial charge in [-0.2, -0.15) is 0 Å². The second-order valence-electron chi connectivity index (χ2n) is 10.8. The molecular formula is C28H44N4O. The standard InChI is InChI=1S/C28H44N4O/c1-2-19-32-26(33)28(31-27(32)29,18-17-22-11-6-5-7-12-22)21-23-13-10-16-25(20-23)30-24-14-8-3-4-9-15-24/h3-4,8,14-15,22-23,25,30H,2,5-7,9-13,16-21H2,1H3,(H2,29,31)/t23-,25+,28+/m0/s1. The van der Waals surface area contributed by atoms with Crippen molar-refractivity contribution in [1.29, 1.82) is 0 Å². The molecule has 0 aromatic carbocycles. The van der Waals surface area contributed by atoms with Crippen molar-refractivity contribution < 1.29 is 4.79 Å². The van der Waals surface area contributed by atoms with Gasteiger partial charge >= 0.3 is 0 Å². The van der Waals surface area contributed by atoms with E-state index in [-0.39, 0.29) is 5.91 Å². The molecule has 4 aliphatic rings. The van der Waals surface area contributed by atoms with Gasteiger partial charge in [0.25, 0.3) is 5.91 Å². The Balaban J connectivity index is 1.44. The van der Waals surface area contributed by atoms with E-state index in [0.29, 0.717) is 24.5 Å². The molecule has 1 aliphatic heterocycles. The van der Waals surface area contributed by atoms with E-state index in [2.05, 4.69) is 42.6 Å². The van der Waals surface area contributed by atoms with Crippen LogP contribution < -0.4 is 11.1 Å². The average Bonchev–Trinajstić information content (AvgIpc) is 2.98. The zero-order valence-corrected chi connectivity index (χ0v) is 20.6. The van der Waals surface area contributed by atoms with E-state index in [1.165, 1.54) is 57.1 Å². The maximum Gasteiger partial charge on any atom is 0.257 e. The lowest BCUT2D eigenvalue weighted by Crippen LogP contribution is -2.46. The summed E-state index contributed by atoms with van der Waals surface area (Å²) in [6.07, 6.45) is 27.0. The van der Waals surface area contributed by atoms with Gasteiger partial charge in [-0.3, -0.25) is 9.69 Å². The summed E-state index contributed by atoms with van der Waals surface area (Å²) in [5, 5.41) is 3.78. The molecule has 0 saturated heterocycles. The molecule has 182 valence electrons. The van der Waals surface area contributed by atoms with Gasteiger partial charge in [0.05, 0.1) is 0 Å². The number of amides is 1. The maximum absolute atomic E-state index is 13.7. The Morgan fingerprint density at radius 1 is 1.12 bits per heavy atom. The van der Waals surface area contributed by atoms with Gasteiger partial charge in [0.1, 0.15) is 5.54 Å².